The molecule has 1 heterocycles. The Bertz CT molecular complexity index is 963. The zero-order valence-corrected chi connectivity index (χ0v) is 13.2. The van der Waals surface area contributed by atoms with Crippen molar-refractivity contribution >= 4 is 22.6 Å². The van der Waals surface area contributed by atoms with Crippen molar-refractivity contribution in [1.29, 1.82) is 0 Å². The summed E-state index contributed by atoms with van der Waals surface area (Å²) in [6, 6.07) is 12.3. The van der Waals surface area contributed by atoms with Gasteiger partial charge in [0.05, 0.1) is 5.56 Å². The van der Waals surface area contributed by atoms with Crippen molar-refractivity contribution in [3.8, 4) is 29.2 Å². The molecule has 114 valence electrons. The van der Waals surface area contributed by atoms with E-state index in [1.54, 1.807) is 36.4 Å². The molecule has 2 aromatic carbocycles. The standard InChI is InChI=1S/C19H13ClO3/c1-3-10-22-15-8-9-17-16(11-15)12(2)18(19(21)23-17)13-4-6-14(20)7-5-13/h1,4-9,11H,10H2,2H3. The molecule has 0 N–H and O–H groups in total. The number of aryl methyl sites for hydroxylation is 1. The van der Waals surface area contributed by atoms with Gasteiger partial charge in [0.1, 0.15) is 17.9 Å². The number of fused-ring (bicyclic) bond motifs is 1. The second kappa shape index (κ2) is 6.20. The third kappa shape index (κ3) is 2.94. The van der Waals surface area contributed by atoms with Crippen molar-refractivity contribution in [2.45, 2.75) is 6.92 Å². The Labute approximate surface area is 138 Å². The molecule has 3 nitrogen and oxygen atoms in total. The summed E-state index contributed by atoms with van der Waals surface area (Å²) in [4.78, 5) is 12.3. The van der Waals surface area contributed by atoms with E-state index in [4.69, 9.17) is 27.2 Å². The van der Waals surface area contributed by atoms with Crippen LogP contribution >= 0.6 is 11.6 Å². The van der Waals surface area contributed by atoms with Crippen LogP contribution in [0.15, 0.2) is 51.7 Å². The second-order valence-corrected chi connectivity index (χ2v) is 5.48. The molecule has 23 heavy (non-hydrogen) atoms. The average molecular weight is 325 g/mol. The number of halogens is 1. The second-order valence-electron chi connectivity index (χ2n) is 5.05. The number of terminal acetylenes is 1. The zero-order valence-electron chi connectivity index (χ0n) is 12.4. The maximum Gasteiger partial charge on any atom is 0.344 e. The van der Waals surface area contributed by atoms with Gasteiger partial charge in [0.2, 0.25) is 0 Å². The van der Waals surface area contributed by atoms with Gasteiger partial charge in [0.25, 0.3) is 0 Å². The first kappa shape index (κ1) is 15.2. The zero-order chi connectivity index (χ0) is 16.4. The van der Waals surface area contributed by atoms with Gasteiger partial charge in [-0.1, -0.05) is 29.7 Å². The lowest BCUT2D eigenvalue weighted by Crippen LogP contribution is -2.06. The molecule has 0 bridgehead atoms. The molecule has 0 saturated heterocycles. The SMILES string of the molecule is C#CCOc1ccc2oc(=O)c(-c3ccc(Cl)cc3)c(C)c2c1. The van der Waals surface area contributed by atoms with Gasteiger partial charge < -0.3 is 9.15 Å². The molecule has 3 rings (SSSR count). The largest absolute Gasteiger partial charge is 0.481 e. The minimum Gasteiger partial charge on any atom is -0.481 e. The van der Waals surface area contributed by atoms with Gasteiger partial charge in [-0.15, -0.1) is 6.42 Å². The minimum absolute atomic E-state index is 0.186. The van der Waals surface area contributed by atoms with Gasteiger partial charge >= 0.3 is 5.63 Å². The van der Waals surface area contributed by atoms with Crippen LogP contribution in [0.5, 0.6) is 5.75 Å². The molecular formula is C19H13ClO3. The Morgan fingerprint density at radius 2 is 1.96 bits per heavy atom. The van der Waals surface area contributed by atoms with E-state index in [2.05, 4.69) is 5.92 Å². The molecule has 0 fully saturated rings. The van der Waals surface area contributed by atoms with Crippen LogP contribution in [-0.2, 0) is 0 Å². The summed E-state index contributed by atoms with van der Waals surface area (Å²) in [7, 11) is 0. The predicted molar refractivity (Wildman–Crippen MR) is 92.0 cm³/mol. The molecule has 0 atom stereocenters. The van der Waals surface area contributed by atoms with Crippen molar-refractivity contribution in [3.63, 3.8) is 0 Å². The number of ether oxygens (including phenoxy) is 1. The van der Waals surface area contributed by atoms with Crippen LogP contribution in [0.2, 0.25) is 5.02 Å². The van der Waals surface area contributed by atoms with E-state index < -0.39 is 0 Å². The molecule has 0 aliphatic carbocycles. The van der Waals surface area contributed by atoms with Crippen LogP contribution in [0, 0.1) is 19.3 Å². The smallest absolute Gasteiger partial charge is 0.344 e. The third-order valence-corrected chi connectivity index (χ3v) is 3.84. The van der Waals surface area contributed by atoms with E-state index in [1.165, 1.54) is 0 Å². The first-order valence-electron chi connectivity index (χ1n) is 7.00. The lowest BCUT2D eigenvalue weighted by atomic mass is 9.99. The Morgan fingerprint density at radius 1 is 1.22 bits per heavy atom. The van der Waals surface area contributed by atoms with Crippen LogP contribution in [0.4, 0.5) is 0 Å². The summed E-state index contributed by atoms with van der Waals surface area (Å²) in [5, 5.41) is 1.42. The molecule has 0 spiro atoms. The van der Waals surface area contributed by atoms with Gasteiger partial charge in [-0.25, -0.2) is 4.79 Å². The van der Waals surface area contributed by atoms with E-state index in [0.29, 0.717) is 21.9 Å². The molecule has 1 aromatic heterocycles. The lowest BCUT2D eigenvalue weighted by Gasteiger charge is -2.09. The number of rotatable bonds is 3. The molecule has 0 radical (unpaired) electrons. The van der Waals surface area contributed by atoms with Crippen LogP contribution in [-0.4, -0.2) is 6.61 Å². The Balaban J connectivity index is 2.20. The van der Waals surface area contributed by atoms with Crippen molar-refractivity contribution < 1.29 is 9.15 Å². The number of hydrogen-bond donors (Lipinski definition) is 0. The molecule has 0 unspecified atom stereocenters. The predicted octanol–water partition coefficient (Wildman–Crippen LogP) is 4.43. The third-order valence-electron chi connectivity index (χ3n) is 3.59. The van der Waals surface area contributed by atoms with Crippen LogP contribution < -0.4 is 10.4 Å². The molecule has 0 aliphatic rings. The highest BCUT2D eigenvalue weighted by atomic mass is 35.5. The quantitative estimate of drug-likeness (QED) is 0.528. The highest BCUT2D eigenvalue weighted by molar-refractivity contribution is 6.30. The van der Waals surface area contributed by atoms with Gasteiger partial charge in [0, 0.05) is 10.4 Å². The summed E-state index contributed by atoms with van der Waals surface area (Å²) in [5.41, 5.74) is 2.23. The molecule has 4 heteroatoms. The van der Waals surface area contributed by atoms with E-state index in [0.717, 1.165) is 16.5 Å². The van der Waals surface area contributed by atoms with Crippen molar-refractivity contribution in [2.24, 2.45) is 0 Å². The van der Waals surface area contributed by atoms with Gasteiger partial charge in [0.15, 0.2) is 0 Å². The van der Waals surface area contributed by atoms with E-state index in [-0.39, 0.29) is 12.2 Å². The fraction of sp³-hybridized carbons (Fsp3) is 0.105. The maximum atomic E-state index is 12.3. The van der Waals surface area contributed by atoms with Gasteiger partial charge in [-0.3, -0.25) is 0 Å². The summed E-state index contributed by atoms with van der Waals surface area (Å²) >= 11 is 5.91. The minimum atomic E-state index is -0.380. The van der Waals surface area contributed by atoms with E-state index >= 15 is 0 Å². The summed E-state index contributed by atoms with van der Waals surface area (Å²) in [5.74, 6) is 3.06. The van der Waals surface area contributed by atoms with Crippen LogP contribution in [0.3, 0.4) is 0 Å². The van der Waals surface area contributed by atoms with Crippen molar-refractivity contribution in [1.82, 2.24) is 0 Å². The first-order valence-corrected chi connectivity index (χ1v) is 7.37. The van der Waals surface area contributed by atoms with Gasteiger partial charge in [-0.2, -0.15) is 0 Å². The summed E-state index contributed by atoms with van der Waals surface area (Å²) < 4.78 is 10.9. The van der Waals surface area contributed by atoms with Crippen molar-refractivity contribution in [2.75, 3.05) is 6.61 Å². The monoisotopic (exact) mass is 324 g/mol. The normalized spacial score (nSPS) is 10.5. The highest BCUT2D eigenvalue weighted by Gasteiger charge is 2.14. The summed E-state index contributed by atoms with van der Waals surface area (Å²) in [6.45, 7) is 2.07. The molecule has 0 amide bonds. The fourth-order valence-corrected chi connectivity index (χ4v) is 2.62. The summed E-state index contributed by atoms with van der Waals surface area (Å²) in [6.07, 6.45) is 5.21. The molecule has 0 aliphatic heterocycles. The van der Waals surface area contributed by atoms with Crippen LogP contribution in [0.25, 0.3) is 22.1 Å². The Hall–Kier alpha value is -2.70. The molecule has 0 saturated carbocycles. The fourth-order valence-electron chi connectivity index (χ4n) is 2.50. The van der Waals surface area contributed by atoms with E-state index in [9.17, 15) is 4.79 Å². The lowest BCUT2D eigenvalue weighted by molar-refractivity contribution is 0.370. The Kier molecular flexibility index (Phi) is 4.10. The van der Waals surface area contributed by atoms with Gasteiger partial charge in [-0.05, 0) is 48.4 Å². The average Bonchev–Trinajstić information content (AvgIpc) is 2.55. The first-order chi connectivity index (χ1) is 11.1. The number of hydrogen-bond acceptors (Lipinski definition) is 3. The Morgan fingerprint density at radius 3 is 2.65 bits per heavy atom. The van der Waals surface area contributed by atoms with E-state index in [1.807, 2.05) is 13.0 Å². The van der Waals surface area contributed by atoms with Crippen molar-refractivity contribution in [3.05, 3.63) is 63.5 Å². The maximum absolute atomic E-state index is 12.3. The highest BCUT2D eigenvalue weighted by Crippen LogP contribution is 2.29. The molecular weight excluding hydrogens is 312 g/mol. The number of benzene rings is 2. The van der Waals surface area contributed by atoms with Crippen LogP contribution in [0.1, 0.15) is 5.56 Å². The topological polar surface area (TPSA) is 39.4 Å². The molecule has 3 aromatic rings.